The van der Waals surface area contributed by atoms with E-state index in [1.165, 1.54) is 6.20 Å². The van der Waals surface area contributed by atoms with Gasteiger partial charge in [-0.05, 0) is 11.6 Å². The van der Waals surface area contributed by atoms with Crippen molar-refractivity contribution in [2.75, 3.05) is 0 Å². The van der Waals surface area contributed by atoms with Crippen LogP contribution in [0.4, 0.5) is 0 Å². The number of nitrogens with zero attached hydrogens (tertiary/aromatic N) is 1. The molecule has 3 heteroatoms. The van der Waals surface area contributed by atoms with E-state index >= 15 is 0 Å². The maximum atomic E-state index is 9.50. The van der Waals surface area contributed by atoms with Crippen molar-refractivity contribution in [1.29, 1.82) is 0 Å². The number of hydrogen-bond donors (Lipinski definition) is 1. The molecule has 0 aliphatic rings. The van der Waals surface area contributed by atoms with Crippen LogP contribution in [0.5, 0.6) is 5.75 Å². The van der Waals surface area contributed by atoms with E-state index in [9.17, 15) is 5.11 Å². The number of aromatic nitrogens is 1. The first-order valence-electron chi connectivity index (χ1n) is 5.09. The van der Waals surface area contributed by atoms with E-state index in [0.29, 0.717) is 11.1 Å². The van der Waals surface area contributed by atoms with Crippen molar-refractivity contribution in [2.24, 2.45) is 0 Å². The third-order valence-electron chi connectivity index (χ3n) is 2.76. The lowest BCUT2D eigenvalue weighted by Crippen LogP contribution is -2.27. The Bertz CT molecular complexity index is 402. The second-order valence-corrected chi connectivity index (χ2v) is 9.37. The van der Waals surface area contributed by atoms with Crippen molar-refractivity contribution in [2.45, 2.75) is 32.5 Å². The van der Waals surface area contributed by atoms with Gasteiger partial charge < -0.3 is 5.11 Å². The molecule has 0 fully saturated rings. The second-order valence-electron chi connectivity index (χ2n) is 4.52. The van der Waals surface area contributed by atoms with Gasteiger partial charge in [0.1, 0.15) is 13.8 Å². The van der Waals surface area contributed by atoms with E-state index < -0.39 is 8.07 Å². The summed E-state index contributed by atoms with van der Waals surface area (Å²) in [5, 5.41) is 9.50. The van der Waals surface area contributed by atoms with E-state index in [0.717, 1.165) is 0 Å². The van der Waals surface area contributed by atoms with Gasteiger partial charge in [-0.3, -0.25) is 4.98 Å². The Labute approximate surface area is 92.4 Å². The highest BCUT2D eigenvalue weighted by atomic mass is 28.3. The van der Waals surface area contributed by atoms with Gasteiger partial charge >= 0.3 is 0 Å². The van der Waals surface area contributed by atoms with Crippen molar-refractivity contribution < 1.29 is 5.11 Å². The Balaban J connectivity index is 2.97. The summed E-state index contributed by atoms with van der Waals surface area (Å²) in [4.78, 5) is 3.82. The molecule has 2 nitrogen and oxygen atoms in total. The maximum Gasteiger partial charge on any atom is 0.149 e. The number of aromatic hydroxyl groups is 1. The molecule has 15 heavy (non-hydrogen) atoms. The fourth-order valence-corrected chi connectivity index (χ4v) is 1.61. The van der Waals surface area contributed by atoms with Crippen LogP contribution in [0.3, 0.4) is 0 Å². The first-order valence-corrected chi connectivity index (χ1v) is 8.17. The summed E-state index contributed by atoms with van der Waals surface area (Å²) in [6, 6.07) is 1.74. The molecule has 0 bridgehead atoms. The molecule has 0 aliphatic carbocycles. The Morgan fingerprint density at radius 2 is 2.07 bits per heavy atom. The molecule has 0 aliphatic heterocycles. The van der Waals surface area contributed by atoms with Crippen molar-refractivity contribution in [1.82, 2.24) is 4.98 Å². The van der Waals surface area contributed by atoms with Gasteiger partial charge in [-0.2, -0.15) is 0 Å². The van der Waals surface area contributed by atoms with Gasteiger partial charge in [-0.25, -0.2) is 0 Å². The summed E-state index contributed by atoms with van der Waals surface area (Å²) in [7, 11) is -1.48. The van der Waals surface area contributed by atoms with Crippen LogP contribution in [-0.2, 0) is 0 Å². The molecule has 0 unspecified atom stereocenters. The summed E-state index contributed by atoms with van der Waals surface area (Å²) < 4.78 is 0. The maximum absolute atomic E-state index is 9.50. The third-order valence-corrected chi connectivity index (χ3v) is 6.42. The molecule has 0 radical (unpaired) electrons. The molecule has 0 saturated heterocycles. The first-order chi connectivity index (χ1) is 6.93. The van der Waals surface area contributed by atoms with E-state index in [2.05, 4.69) is 43.4 Å². The SMILES string of the molecule is CC(C)[Si](C)(C)C#Cc1ccncc1O. The predicted octanol–water partition coefficient (Wildman–Crippen LogP) is 2.80. The Hall–Kier alpha value is -1.27. The monoisotopic (exact) mass is 219 g/mol. The zero-order chi connectivity index (χ0) is 11.5. The van der Waals surface area contributed by atoms with Crippen molar-refractivity contribution in [3.63, 3.8) is 0 Å². The van der Waals surface area contributed by atoms with E-state index in [-0.39, 0.29) is 5.75 Å². The molecule has 80 valence electrons. The van der Waals surface area contributed by atoms with Crippen LogP contribution in [-0.4, -0.2) is 18.2 Å². The summed E-state index contributed by atoms with van der Waals surface area (Å²) in [5.74, 6) is 3.22. The molecule has 0 amide bonds. The molecular formula is C12H17NOSi. The normalized spacial score (nSPS) is 11.0. The quantitative estimate of drug-likeness (QED) is 0.582. The van der Waals surface area contributed by atoms with Crippen molar-refractivity contribution in [3.05, 3.63) is 24.0 Å². The average molecular weight is 219 g/mol. The molecule has 0 saturated carbocycles. The van der Waals surface area contributed by atoms with Gasteiger partial charge in [0.2, 0.25) is 0 Å². The zero-order valence-electron chi connectivity index (χ0n) is 9.70. The lowest BCUT2D eigenvalue weighted by atomic mass is 10.3. The first kappa shape index (κ1) is 11.8. The minimum atomic E-state index is -1.48. The molecule has 1 heterocycles. The lowest BCUT2D eigenvalue weighted by Gasteiger charge is -2.18. The van der Waals surface area contributed by atoms with Crippen LogP contribution in [0.25, 0.3) is 0 Å². The highest BCUT2D eigenvalue weighted by Crippen LogP contribution is 2.19. The van der Waals surface area contributed by atoms with Gasteiger partial charge in [0.05, 0.1) is 11.8 Å². The molecule has 1 rings (SSSR count). The zero-order valence-corrected chi connectivity index (χ0v) is 10.7. The van der Waals surface area contributed by atoms with Crippen LogP contribution in [0.1, 0.15) is 19.4 Å². The minimum Gasteiger partial charge on any atom is -0.505 e. The van der Waals surface area contributed by atoms with Crippen LogP contribution >= 0.6 is 0 Å². The van der Waals surface area contributed by atoms with Crippen molar-refractivity contribution in [3.8, 4) is 17.2 Å². The topological polar surface area (TPSA) is 33.1 Å². The number of rotatable bonds is 1. The smallest absolute Gasteiger partial charge is 0.149 e. The van der Waals surface area contributed by atoms with Crippen LogP contribution in [0, 0.1) is 11.5 Å². The molecule has 0 spiro atoms. The van der Waals surface area contributed by atoms with Gasteiger partial charge in [0, 0.05) is 6.20 Å². The van der Waals surface area contributed by atoms with Crippen LogP contribution in [0.15, 0.2) is 18.5 Å². The standard InChI is InChI=1S/C12H17NOSi/c1-10(2)15(3,4)8-6-11-5-7-13-9-12(11)14/h5,7,9-10,14H,1-4H3. The molecule has 0 atom stereocenters. The summed E-state index contributed by atoms with van der Waals surface area (Å²) >= 11 is 0. The van der Waals surface area contributed by atoms with E-state index in [4.69, 9.17) is 0 Å². The summed E-state index contributed by atoms with van der Waals surface area (Å²) in [6.07, 6.45) is 3.07. The Kier molecular flexibility index (Phi) is 3.54. The highest BCUT2D eigenvalue weighted by Gasteiger charge is 2.22. The molecule has 1 aromatic heterocycles. The van der Waals surface area contributed by atoms with E-state index in [1.54, 1.807) is 12.3 Å². The molecule has 1 aromatic rings. The largest absolute Gasteiger partial charge is 0.505 e. The minimum absolute atomic E-state index is 0.165. The number of hydrogen-bond acceptors (Lipinski definition) is 2. The second kappa shape index (κ2) is 4.50. The fraction of sp³-hybridized carbons (Fsp3) is 0.417. The molecular weight excluding hydrogens is 202 g/mol. The van der Waals surface area contributed by atoms with Gasteiger partial charge in [0.25, 0.3) is 0 Å². The average Bonchev–Trinajstić information content (AvgIpc) is 2.16. The Morgan fingerprint density at radius 1 is 1.40 bits per heavy atom. The summed E-state index contributed by atoms with van der Waals surface area (Å²) in [5.41, 5.74) is 4.61. The third kappa shape index (κ3) is 3.10. The van der Waals surface area contributed by atoms with Crippen molar-refractivity contribution >= 4 is 8.07 Å². The van der Waals surface area contributed by atoms with Crippen LogP contribution in [0.2, 0.25) is 18.6 Å². The molecule has 0 aromatic carbocycles. The predicted molar refractivity (Wildman–Crippen MR) is 65.4 cm³/mol. The van der Waals surface area contributed by atoms with Crippen LogP contribution < -0.4 is 0 Å². The van der Waals surface area contributed by atoms with E-state index in [1.807, 2.05) is 0 Å². The molecule has 1 N–H and O–H groups in total. The van der Waals surface area contributed by atoms with Gasteiger partial charge in [0.15, 0.2) is 0 Å². The van der Waals surface area contributed by atoms with Gasteiger partial charge in [-0.1, -0.05) is 32.9 Å². The fourth-order valence-electron chi connectivity index (χ4n) is 0.865. The summed E-state index contributed by atoms with van der Waals surface area (Å²) in [6.45, 7) is 8.88. The lowest BCUT2D eigenvalue weighted by molar-refractivity contribution is 0.471. The van der Waals surface area contributed by atoms with Gasteiger partial charge in [-0.15, -0.1) is 5.54 Å². The Morgan fingerprint density at radius 3 is 2.60 bits per heavy atom. The highest BCUT2D eigenvalue weighted by molar-refractivity contribution is 6.86. The number of pyridine rings is 1.